The molecule has 0 spiro atoms. The zero-order valence-corrected chi connectivity index (χ0v) is 21.2. The highest BCUT2D eigenvalue weighted by Gasteiger charge is 2.65. The maximum atomic E-state index is 14.1. The number of benzene rings is 3. The van der Waals surface area contributed by atoms with Crippen LogP contribution < -0.4 is 5.73 Å². The molecule has 2 aliphatic carbocycles. The minimum Gasteiger partial charge on any atom is -0.508 e. The molecular formula is C29H22N2O9. The maximum Gasteiger partial charge on any atom is 0.262 e. The van der Waals surface area contributed by atoms with E-state index in [2.05, 4.69) is 0 Å². The lowest BCUT2D eigenvalue weighted by atomic mass is 9.61. The van der Waals surface area contributed by atoms with Crippen LogP contribution in [-0.2, 0) is 16.0 Å². The summed E-state index contributed by atoms with van der Waals surface area (Å²) in [5, 5.41) is 45.2. The summed E-state index contributed by atoms with van der Waals surface area (Å²) in [6, 6.07) is 7.13. The van der Waals surface area contributed by atoms with E-state index < -0.39 is 69.5 Å². The van der Waals surface area contributed by atoms with E-state index in [1.807, 2.05) is 0 Å². The topological polar surface area (TPSA) is 196 Å². The molecule has 40 heavy (non-hydrogen) atoms. The Hall–Kier alpha value is -5.03. The fourth-order valence-electron chi connectivity index (χ4n) is 6.35. The van der Waals surface area contributed by atoms with Crippen LogP contribution in [0, 0.1) is 19.8 Å². The number of carbonyl (C=O) groups is 5. The lowest BCUT2D eigenvalue weighted by molar-refractivity contribution is -0.131. The van der Waals surface area contributed by atoms with Gasteiger partial charge >= 0.3 is 0 Å². The third-order valence-electron chi connectivity index (χ3n) is 8.39. The van der Waals surface area contributed by atoms with Crippen LogP contribution in [0.1, 0.15) is 47.8 Å². The van der Waals surface area contributed by atoms with Crippen LogP contribution in [0.3, 0.4) is 0 Å². The van der Waals surface area contributed by atoms with E-state index in [0.29, 0.717) is 21.4 Å². The van der Waals surface area contributed by atoms with Crippen LogP contribution >= 0.6 is 0 Å². The summed E-state index contributed by atoms with van der Waals surface area (Å²) < 4.78 is 0. The summed E-state index contributed by atoms with van der Waals surface area (Å²) in [6.45, 7) is 3.20. The van der Waals surface area contributed by atoms with E-state index in [9.17, 15) is 44.4 Å². The molecule has 202 valence electrons. The van der Waals surface area contributed by atoms with Gasteiger partial charge in [-0.2, -0.15) is 0 Å². The Balaban J connectivity index is 1.65. The predicted octanol–water partition coefficient (Wildman–Crippen LogP) is 1.50. The number of phenolic OH excluding ortho intramolecular Hbond substituents is 2. The van der Waals surface area contributed by atoms with Crippen LogP contribution in [0.15, 0.2) is 47.7 Å². The standard InChI is InChI=1S/C29H22N2O9/c1-10-7-8-12-11(2)15-9-16-20(31-27(38)13-5-3-4-6-14(13)28(31)39)23(34)19(26(30)37)25(36)29(16,40)24(35)18(15)22(33)17(12)21(10)32/h3-8,16,20,32-33,36,40H,9H2,1-2H3,(H2,30,37)/t16-,20+,29-/m0/s1. The number of rotatable bonds is 2. The van der Waals surface area contributed by atoms with Gasteiger partial charge in [-0.15, -0.1) is 0 Å². The SMILES string of the molecule is Cc1ccc2c(C)c3c(c(O)c2c1O)C(=O)[C@]1(O)C(O)=C(C(N)=O)C(=O)[C@H](N2C(=O)c4ccccc4C2=O)[C@@H]1C3. The number of fused-ring (bicyclic) bond motifs is 4. The molecule has 0 fully saturated rings. The molecule has 11 nitrogen and oxygen atoms in total. The Morgan fingerprint density at radius 3 is 2.12 bits per heavy atom. The molecule has 3 aromatic rings. The number of aliphatic hydroxyl groups is 2. The number of carbonyl (C=O) groups excluding carboxylic acids is 5. The highest BCUT2D eigenvalue weighted by atomic mass is 16.3. The van der Waals surface area contributed by atoms with Crippen molar-refractivity contribution in [3.05, 3.63) is 81.1 Å². The van der Waals surface area contributed by atoms with Crippen molar-refractivity contribution in [2.45, 2.75) is 31.9 Å². The second-order valence-electron chi connectivity index (χ2n) is 10.3. The molecular weight excluding hydrogens is 520 g/mol. The summed E-state index contributed by atoms with van der Waals surface area (Å²) in [5.74, 6) is -9.69. The second-order valence-corrected chi connectivity index (χ2v) is 10.3. The van der Waals surface area contributed by atoms with Gasteiger partial charge in [0.25, 0.3) is 17.7 Å². The predicted molar refractivity (Wildman–Crippen MR) is 138 cm³/mol. The van der Waals surface area contributed by atoms with Crippen molar-refractivity contribution in [2.75, 3.05) is 0 Å². The Bertz CT molecular complexity index is 1790. The first-order valence-electron chi connectivity index (χ1n) is 12.3. The van der Waals surface area contributed by atoms with Crippen molar-refractivity contribution in [2.24, 2.45) is 11.7 Å². The third-order valence-corrected chi connectivity index (χ3v) is 8.39. The highest BCUT2D eigenvalue weighted by Crippen LogP contribution is 2.52. The van der Waals surface area contributed by atoms with Crippen molar-refractivity contribution in [1.82, 2.24) is 4.90 Å². The largest absolute Gasteiger partial charge is 0.508 e. The number of aryl methyl sites for hydroxylation is 2. The summed E-state index contributed by atoms with van der Waals surface area (Å²) in [7, 11) is 0. The zero-order valence-electron chi connectivity index (χ0n) is 21.2. The molecule has 0 saturated heterocycles. The first-order chi connectivity index (χ1) is 18.8. The molecule has 3 aliphatic rings. The molecule has 0 unspecified atom stereocenters. The molecule has 11 heteroatoms. The lowest BCUT2D eigenvalue weighted by Gasteiger charge is -2.47. The average molecular weight is 543 g/mol. The molecule has 3 atom stereocenters. The van der Waals surface area contributed by atoms with Crippen molar-refractivity contribution >= 4 is 40.1 Å². The van der Waals surface area contributed by atoms with Crippen molar-refractivity contribution in [3.63, 3.8) is 0 Å². The molecule has 0 bridgehead atoms. The Kier molecular flexibility index (Phi) is 5.05. The van der Waals surface area contributed by atoms with Crippen LogP contribution in [0.2, 0.25) is 0 Å². The molecule has 6 N–H and O–H groups in total. The van der Waals surface area contributed by atoms with Crippen LogP contribution in [0.25, 0.3) is 10.8 Å². The summed E-state index contributed by atoms with van der Waals surface area (Å²) in [5.41, 5.74) is 1.75. The number of hydrogen-bond donors (Lipinski definition) is 5. The van der Waals surface area contributed by atoms with E-state index in [1.165, 1.54) is 24.3 Å². The average Bonchev–Trinajstić information content (AvgIpc) is 3.16. The number of aromatic hydroxyl groups is 2. The van der Waals surface area contributed by atoms with E-state index >= 15 is 0 Å². The molecule has 0 radical (unpaired) electrons. The first kappa shape index (κ1) is 25.3. The minimum absolute atomic E-state index is 0.0172. The van der Waals surface area contributed by atoms with Crippen molar-refractivity contribution in [3.8, 4) is 11.5 Å². The lowest BCUT2D eigenvalue weighted by Crippen LogP contribution is -2.66. The molecule has 6 rings (SSSR count). The van der Waals surface area contributed by atoms with Gasteiger partial charge in [-0.1, -0.05) is 24.3 Å². The van der Waals surface area contributed by atoms with Gasteiger partial charge in [0.2, 0.25) is 5.78 Å². The summed E-state index contributed by atoms with van der Waals surface area (Å²) in [6.07, 6.45) is -0.374. The fraction of sp³-hybridized carbons (Fsp3) is 0.207. The van der Waals surface area contributed by atoms with E-state index in [-0.39, 0.29) is 34.2 Å². The quantitative estimate of drug-likeness (QED) is 0.235. The van der Waals surface area contributed by atoms with Gasteiger partial charge in [0.15, 0.2) is 11.4 Å². The van der Waals surface area contributed by atoms with E-state index in [1.54, 1.807) is 26.0 Å². The van der Waals surface area contributed by atoms with Crippen LogP contribution in [0.4, 0.5) is 0 Å². The number of nitrogens with zero attached hydrogens (tertiary/aromatic N) is 1. The van der Waals surface area contributed by atoms with Gasteiger partial charge in [-0.05, 0) is 54.5 Å². The summed E-state index contributed by atoms with van der Waals surface area (Å²) >= 11 is 0. The third kappa shape index (κ3) is 2.84. The van der Waals surface area contributed by atoms with Crippen molar-refractivity contribution in [1.29, 1.82) is 0 Å². The van der Waals surface area contributed by atoms with E-state index in [0.717, 1.165) is 0 Å². The number of imide groups is 1. The van der Waals surface area contributed by atoms with Crippen LogP contribution in [0.5, 0.6) is 11.5 Å². The fourth-order valence-corrected chi connectivity index (χ4v) is 6.35. The number of amides is 3. The van der Waals surface area contributed by atoms with Crippen molar-refractivity contribution < 1.29 is 44.4 Å². The van der Waals surface area contributed by atoms with Gasteiger partial charge in [-0.3, -0.25) is 28.9 Å². The first-order valence-corrected chi connectivity index (χ1v) is 12.3. The highest BCUT2D eigenvalue weighted by molar-refractivity contribution is 6.29. The Labute approximate surface area is 225 Å². The van der Waals surface area contributed by atoms with Gasteiger partial charge in [0.05, 0.1) is 22.1 Å². The minimum atomic E-state index is -3.03. The smallest absolute Gasteiger partial charge is 0.262 e. The number of Topliss-reactive ketones (excluding diaryl/α,β-unsaturated/α-hetero) is 2. The molecule has 0 saturated carbocycles. The Morgan fingerprint density at radius 2 is 1.55 bits per heavy atom. The normalized spacial score (nSPS) is 23.9. The Morgan fingerprint density at radius 1 is 0.950 bits per heavy atom. The van der Waals surface area contributed by atoms with Crippen LogP contribution in [-0.4, -0.2) is 66.3 Å². The summed E-state index contributed by atoms with van der Waals surface area (Å²) in [4.78, 5) is 67.5. The number of aliphatic hydroxyl groups excluding tert-OH is 1. The zero-order chi connectivity index (χ0) is 29.0. The molecule has 1 aliphatic heterocycles. The number of nitrogens with two attached hydrogens (primary N) is 1. The number of phenols is 2. The molecule has 0 aromatic heterocycles. The monoisotopic (exact) mass is 542 g/mol. The van der Waals surface area contributed by atoms with Gasteiger partial charge in [0.1, 0.15) is 28.9 Å². The number of ketones is 2. The van der Waals surface area contributed by atoms with E-state index in [4.69, 9.17) is 5.73 Å². The van der Waals surface area contributed by atoms with Gasteiger partial charge in [-0.25, -0.2) is 0 Å². The maximum absolute atomic E-state index is 14.1. The van der Waals surface area contributed by atoms with Gasteiger partial charge < -0.3 is 26.2 Å². The molecule has 3 aromatic carbocycles. The molecule has 1 heterocycles. The van der Waals surface area contributed by atoms with Gasteiger partial charge in [0, 0.05) is 5.92 Å². The number of hydrogen-bond acceptors (Lipinski definition) is 9. The number of primary amides is 1. The molecule has 3 amide bonds. The second kappa shape index (κ2) is 7.99.